The van der Waals surface area contributed by atoms with Gasteiger partial charge < -0.3 is 15.4 Å². The van der Waals surface area contributed by atoms with Crippen LogP contribution in [-0.2, 0) is 9.53 Å². The molecule has 96 valence electrons. The van der Waals surface area contributed by atoms with Gasteiger partial charge in [0.15, 0.2) is 0 Å². The average molecular weight is 251 g/mol. The Labute approximate surface area is 104 Å². The van der Waals surface area contributed by atoms with Crippen LogP contribution in [0.4, 0.5) is 0 Å². The van der Waals surface area contributed by atoms with Gasteiger partial charge in [-0.1, -0.05) is 6.92 Å². The highest BCUT2D eigenvalue weighted by atomic mass is 35.5. The molecule has 1 unspecified atom stereocenters. The van der Waals surface area contributed by atoms with Crippen LogP contribution in [-0.4, -0.2) is 42.6 Å². The number of likely N-dealkylation sites (N-methyl/N-ethyl adjacent to an activating group) is 1. The van der Waals surface area contributed by atoms with Crippen molar-refractivity contribution >= 4 is 18.3 Å². The second-order valence-corrected chi connectivity index (χ2v) is 4.27. The number of carbonyl (C=O) groups excluding carboxylic acids is 1. The number of amides is 1. The zero-order chi connectivity index (χ0) is 11.4. The molecule has 1 saturated heterocycles. The molecule has 1 rings (SSSR count). The number of halogens is 1. The van der Waals surface area contributed by atoms with Gasteiger partial charge in [-0.05, 0) is 26.2 Å². The Hall–Kier alpha value is -0.320. The minimum absolute atomic E-state index is 0. The van der Waals surface area contributed by atoms with Crippen LogP contribution in [0.3, 0.4) is 0 Å². The summed E-state index contributed by atoms with van der Waals surface area (Å²) >= 11 is 0. The summed E-state index contributed by atoms with van der Waals surface area (Å²) in [5.74, 6) is 0.0975. The molecule has 4 nitrogen and oxygen atoms in total. The van der Waals surface area contributed by atoms with E-state index in [1.165, 1.54) is 0 Å². The molecular weight excluding hydrogens is 228 g/mol. The highest BCUT2D eigenvalue weighted by Crippen LogP contribution is 2.21. The maximum atomic E-state index is 12.0. The van der Waals surface area contributed by atoms with Crippen LogP contribution in [0.1, 0.15) is 33.1 Å². The summed E-state index contributed by atoms with van der Waals surface area (Å²) in [6, 6.07) is 0.276. The Kier molecular flexibility index (Phi) is 6.95. The SMILES string of the molecule is CCC(C)N(C)C(=O)[C@@H]1CC[C@H](CN)O1.Cl. The van der Waals surface area contributed by atoms with E-state index in [-0.39, 0.29) is 36.6 Å². The number of hydrogen-bond acceptors (Lipinski definition) is 3. The van der Waals surface area contributed by atoms with Crippen LogP contribution < -0.4 is 5.73 Å². The molecule has 0 aromatic carbocycles. The van der Waals surface area contributed by atoms with Crippen molar-refractivity contribution in [2.75, 3.05) is 13.6 Å². The third kappa shape index (κ3) is 3.61. The number of nitrogens with two attached hydrogens (primary N) is 1. The molecular formula is C11H23ClN2O2. The monoisotopic (exact) mass is 250 g/mol. The smallest absolute Gasteiger partial charge is 0.251 e. The van der Waals surface area contributed by atoms with Gasteiger partial charge in [0.25, 0.3) is 5.91 Å². The summed E-state index contributed by atoms with van der Waals surface area (Å²) in [6.07, 6.45) is 2.49. The minimum Gasteiger partial charge on any atom is -0.364 e. The predicted molar refractivity (Wildman–Crippen MR) is 66.7 cm³/mol. The van der Waals surface area contributed by atoms with Crippen LogP contribution >= 0.6 is 12.4 Å². The van der Waals surface area contributed by atoms with Crippen LogP contribution in [0, 0.1) is 0 Å². The molecule has 3 atom stereocenters. The Bertz CT molecular complexity index is 226. The van der Waals surface area contributed by atoms with Crippen molar-refractivity contribution in [1.29, 1.82) is 0 Å². The normalized spacial score (nSPS) is 26.0. The highest BCUT2D eigenvalue weighted by molar-refractivity contribution is 5.85. The summed E-state index contributed by atoms with van der Waals surface area (Å²) < 4.78 is 5.57. The Morgan fingerprint density at radius 2 is 2.19 bits per heavy atom. The molecule has 5 heteroatoms. The van der Waals surface area contributed by atoms with Crippen molar-refractivity contribution in [1.82, 2.24) is 4.90 Å². The number of rotatable bonds is 4. The van der Waals surface area contributed by atoms with Gasteiger partial charge in [0.1, 0.15) is 6.10 Å². The van der Waals surface area contributed by atoms with Gasteiger partial charge >= 0.3 is 0 Å². The second kappa shape index (κ2) is 7.09. The van der Waals surface area contributed by atoms with Crippen LogP contribution in [0.25, 0.3) is 0 Å². The third-order valence-electron chi connectivity index (χ3n) is 3.25. The molecule has 0 saturated carbocycles. The fourth-order valence-corrected chi connectivity index (χ4v) is 1.78. The van der Waals surface area contributed by atoms with Gasteiger partial charge in [0.2, 0.25) is 0 Å². The predicted octanol–water partition coefficient (Wildman–Crippen LogP) is 1.17. The summed E-state index contributed by atoms with van der Waals surface area (Å²) in [4.78, 5) is 13.7. The molecule has 0 radical (unpaired) electrons. The van der Waals surface area contributed by atoms with E-state index in [0.29, 0.717) is 6.54 Å². The molecule has 0 spiro atoms. The maximum absolute atomic E-state index is 12.0. The first-order chi connectivity index (χ1) is 7.10. The summed E-state index contributed by atoms with van der Waals surface area (Å²) in [5.41, 5.74) is 5.51. The molecule has 2 N–H and O–H groups in total. The topological polar surface area (TPSA) is 55.6 Å². The van der Waals surface area contributed by atoms with Gasteiger partial charge in [-0.2, -0.15) is 0 Å². The average Bonchev–Trinajstić information content (AvgIpc) is 2.74. The maximum Gasteiger partial charge on any atom is 0.251 e. The van der Waals surface area contributed by atoms with Gasteiger partial charge in [-0.25, -0.2) is 0 Å². The van der Waals surface area contributed by atoms with Gasteiger partial charge in [-0.15, -0.1) is 12.4 Å². The number of hydrogen-bond donors (Lipinski definition) is 1. The first kappa shape index (κ1) is 15.7. The lowest BCUT2D eigenvalue weighted by atomic mass is 10.1. The molecule has 1 heterocycles. The lowest BCUT2D eigenvalue weighted by Crippen LogP contribution is -2.41. The van der Waals surface area contributed by atoms with E-state index in [9.17, 15) is 4.79 Å². The van der Waals surface area contributed by atoms with E-state index in [0.717, 1.165) is 19.3 Å². The molecule has 0 bridgehead atoms. The molecule has 1 amide bonds. The number of nitrogens with zero attached hydrogens (tertiary/aromatic N) is 1. The fourth-order valence-electron chi connectivity index (χ4n) is 1.78. The zero-order valence-corrected chi connectivity index (χ0v) is 11.1. The van der Waals surface area contributed by atoms with E-state index in [2.05, 4.69) is 6.92 Å². The Balaban J connectivity index is 0.00000225. The van der Waals surface area contributed by atoms with Crippen LogP contribution in [0.5, 0.6) is 0 Å². The fraction of sp³-hybridized carbons (Fsp3) is 0.909. The largest absolute Gasteiger partial charge is 0.364 e. The van der Waals surface area contributed by atoms with Crippen molar-refractivity contribution < 1.29 is 9.53 Å². The molecule has 1 aliphatic rings. The summed E-state index contributed by atoms with van der Waals surface area (Å²) in [7, 11) is 1.84. The first-order valence-electron chi connectivity index (χ1n) is 5.72. The summed E-state index contributed by atoms with van der Waals surface area (Å²) in [5, 5.41) is 0. The van der Waals surface area contributed by atoms with Gasteiger partial charge in [-0.3, -0.25) is 4.79 Å². The molecule has 16 heavy (non-hydrogen) atoms. The van der Waals surface area contributed by atoms with Crippen molar-refractivity contribution in [3.63, 3.8) is 0 Å². The number of ether oxygens (including phenoxy) is 1. The van der Waals surface area contributed by atoms with Crippen LogP contribution in [0.2, 0.25) is 0 Å². The van der Waals surface area contributed by atoms with E-state index in [1.54, 1.807) is 4.90 Å². The standard InChI is InChI=1S/C11H22N2O2.ClH/c1-4-8(2)13(3)11(14)10-6-5-9(7-12)15-10;/h8-10H,4-7,12H2,1-3H3;1H/t8?,9-,10+;/m1./s1. The van der Waals surface area contributed by atoms with Crippen molar-refractivity contribution in [3.05, 3.63) is 0 Å². The molecule has 1 aliphatic heterocycles. The van der Waals surface area contributed by atoms with Crippen LogP contribution in [0.15, 0.2) is 0 Å². The molecule has 1 fully saturated rings. The van der Waals surface area contributed by atoms with Crippen molar-refractivity contribution in [2.45, 2.75) is 51.4 Å². The minimum atomic E-state index is -0.266. The van der Waals surface area contributed by atoms with Gasteiger partial charge in [0.05, 0.1) is 6.10 Å². The van der Waals surface area contributed by atoms with E-state index < -0.39 is 0 Å². The van der Waals surface area contributed by atoms with E-state index >= 15 is 0 Å². The Morgan fingerprint density at radius 1 is 1.56 bits per heavy atom. The first-order valence-corrected chi connectivity index (χ1v) is 5.72. The van der Waals surface area contributed by atoms with Crippen molar-refractivity contribution in [3.8, 4) is 0 Å². The third-order valence-corrected chi connectivity index (χ3v) is 3.25. The molecule has 0 aliphatic carbocycles. The highest BCUT2D eigenvalue weighted by Gasteiger charge is 2.32. The van der Waals surface area contributed by atoms with E-state index in [4.69, 9.17) is 10.5 Å². The Morgan fingerprint density at radius 3 is 2.62 bits per heavy atom. The van der Waals surface area contributed by atoms with Gasteiger partial charge in [0, 0.05) is 19.6 Å². The summed E-state index contributed by atoms with van der Waals surface area (Å²) in [6.45, 7) is 4.64. The number of carbonyl (C=O) groups is 1. The zero-order valence-electron chi connectivity index (χ0n) is 10.3. The lowest BCUT2D eigenvalue weighted by Gasteiger charge is -2.26. The molecule has 0 aromatic rings. The quantitative estimate of drug-likeness (QED) is 0.815. The van der Waals surface area contributed by atoms with Crippen molar-refractivity contribution in [2.24, 2.45) is 5.73 Å². The lowest BCUT2D eigenvalue weighted by molar-refractivity contribution is -0.143. The molecule has 0 aromatic heterocycles. The van der Waals surface area contributed by atoms with E-state index in [1.807, 2.05) is 14.0 Å². The second-order valence-electron chi connectivity index (χ2n) is 4.27.